The summed E-state index contributed by atoms with van der Waals surface area (Å²) in [7, 11) is -2.77. The third-order valence-corrected chi connectivity index (χ3v) is 5.61. The average Bonchev–Trinajstić information content (AvgIpc) is 2.41. The lowest BCUT2D eigenvalue weighted by atomic mass is 9.98. The molecule has 0 unspecified atom stereocenters. The van der Waals surface area contributed by atoms with E-state index in [4.69, 9.17) is 0 Å². The summed E-state index contributed by atoms with van der Waals surface area (Å²) in [5.41, 5.74) is 4.14. The quantitative estimate of drug-likeness (QED) is 0.860. The molecule has 0 radical (unpaired) electrons. The van der Waals surface area contributed by atoms with E-state index in [1.165, 1.54) is 16.7 Å². The Kier molecular flexibility index (Phi) is 3.60. The Morgan fingerprint density at radius 1 is 1.16 bits per heavy atom. The van der Waals surface area contributed by atoms with Crippen LogP contribution in [0.15, 0.2) is 18.2 Å². The number of hydrogen-bond acceptors (Lipinski definition) is 4. The third-order valence-electron chi connectivity index (χ3n) is 4.00. The van der Waals surface area contributed by atoms with Gasteiger partial charge in [0.05, 0.1) is 11.5 Å². The van der Waals surface area contributed by atoms with Crippen LogP contribution in [0.3, 0.4) is 0 Å². The van der Waals surface area contributed by atoms with Gasteiger partial charge in [-0.05, 0) is 29.7 Å². The van der Waals surface area contributed by atoms with E-state index < -0.39 is 9.84 Å². The molecule has 1 fully saturated rings. The van der Waals surface area contributed by atoms with Crippen LogP contribution in [-0.4, -0.2) is 44.5 Å². The molecule has 4 nitrogen and oxygen atoms in total. The molecule has 19 heavy (non-hydrogen) atoms. The van der Waals surface area contributed by atoms with Gasteiger partial charge in [-0.25, -0.2) is 8.42 Å². The Bertz CT molecular complexity index is 555. The van der Waals surface area contributed by atoms with Gasteiger partial charge in [-0.1, -0.05) is 18.2 Å². The van der Waals surface area contributed by atoms with Crippen LogP contribution in [0.1, 0.15) is 16.7 Å². The van der Waals surface area contributed by atoms with E-state index in [0.29, 0.717) is 24.6 Å². The van der Waals surface area contributed by atoms with E-state index in [2.05, 4.69) is 28.4 Å². The lowest BCUT2D eigenvalue weighted by Gasteiger charge is -2.27. The molecule has 0 spiro atoms. The first-order valence-corrected chi connectivity index (χ1v) is 8.69. The van der Waals surface area contributed by atoms with Gasteiger partial charge in [0.2, 0.25) is 0 Å². The highest BCUT2D eigenvalue weighted by Crippen LogP contribution is 2.17. The molecule has 0 amide bonds. The fourth-order valence-corrected chi connectivity index (χ4v) is 4.08. The Morgan fingerprint density at radius 3 is 2.74 bits per heavy atom. The summed E-state index contributed by atoms with van der Waals surface area (Å²) >= 11 is 0. The average molecular weight is 280 g/mol. The molecule has 1 N–H and O–H groups in total. The van der Waals surface area contributed by atoms with Gasteiger partial charge in [0, 0.05) is 26.2 Å². The van der Waals surface area contributed by atoms with E-state index in [1.807, 2.05) is 0 Å². The van der Waals surface area contributed by atoms with Gasteiger partial charge in [-0.3, -0.25) is 4.90 Å². The van der Waals surface area contributed by atoms with Gasteiger partial charge in [-0.2, -0.15) is 0 Å². The highest BCUT2D eigenvalue weighted by molar-refractivity contribution is 7.91. The largest absolute Gasteiger partial charge is 0.312 e. The van der Waals surface area contributed by atoms with E-state index in [9.17, 15) is 8.42 Å². The molecule has 104 valence electrons. The van der Waals surface area contributed by atoms with Gasteiger partial charge in [-0.15, -0.1) is 0 Å². The van der Waals surface area contributed by atoms with Crippen molar-refractivity contribution in [3.63, 3.8) is 0 Å². The first kappa shape index (κ1) is 13.1. The van der Waals surface area contributed by atoms with Crippen LogP contribution in [0.4, 0.5) is 0 Å². The summed E-state index contributed by atoms with van der Waals surface area (Å²) in [6.45, 7) is 4.21. The SMILES string of the molecule is O=S1(=O)CCN(Cc2ccc3c(c2)CNCC3)CC1. The number of rotatable bonds is 2. The van der Waals surface area contributed by atoms with Crippen molar-refractivity contribution in [1.82, 2.24) is 10.2 Å². The second-order valence-corrected chi connectivity index (χ2v) is 7.76. The Labute approximate surface area is 114 Å². The lowest BCUT2D eigenvalue weighted by Crippen LogP contribution is -2.39. The van der Waals surface area contributed by atoms with Crippen LogP contribution in [0.5, 0.6) is 0 Å². The number of fused-ring (bicyclic) bond motifs is 1. The van der Waals surface area contributed by atoms with Gasteiger partial charge >= 0.3 is 0 Å². The lowest BCUT2D eigenvalue weighted by molar-refractivity contribution is 0.287. The minimum Gasteiger partial charge on any atom is -0.312 e. The molecular formula is C14H20N2O2S. The normalized spacial score (nSPS) is 22.9. The number of nitrogens with zero attached hydrogens (tertiary/aromatic N) is 1. The summed E-state index contributed by atoms with van der Waals surface area (Å²) in [5.74, 6) is 0.610. The van der Waals surface area contributed by atoms with Crippen molar-refractivity contribution in [1.29, 1.82) is 0 Å². The summed E-state index contributed by atoms with van der Waals surface area (Å²) in [6, 6.07) is 6.68. The molecule has 0 aromatic heterocycles. The second kappa shape index (κ2) is 5.23. The van der Waals surface area contributed by atoms with Gasteiger partial charge < -0.3 is 5.32 Å². The van der Waals surface area contributed by atoms with E-state index in [0.717, 1.165) is 26.1 Å². The molecule has 0 aliphatic carbocycles. The zero-order valence-electron chi connectivity index (χ0n) is 11.1. The second-order valence-electron chi connectivity index (χ2n) is 5.46. The van der Waals surface area contributed by atoms with Crippen molar-refractivity contribution in [3.8, 4) is 0 Å². The molecule has 0 saturated carbocycles. The van der Waals surface area contributed by atoms with Gasteiger partial charge in [0.1, 0.15) is 0 Å². The molecule has 0 atom stereocenters. The van der Waals surface area contributed by atoms with Crippen molar-refractivity contribution in [2.45, 2.75) is 19.5 Å². The molecule has 1 aromatic carbocycles. The number of hydrogen-bond donors (Lipinski definition) is 1. The fraction of sp³-hybridized carbons (Fsp3) is 0.571. The zero-order chi connectivity index (χ0) is 13.3. The molecule has 5 heteroatoms. The Morgan fingerprint density at radius 2 is 1.95 bits per heavy atom. The monoisotopic (exact) mass is 280 g/mol. The molecular weight excluding hydrogens is 260 g/mol. The number of sulfone groups is 1. The van der Waals surface area contributed by atoms with Crippen LogP contribution in [0, 0.1) is 0 Å². The van der Waals surface area contributed by atoms with Crippen molar-refractivity contribution in [3.05, 3.63) is 34.9 Å². The molecule has 2 aliphatic rings. The highest BCUT2D eigenvalue weighted by atomic mass is 32.2. The van der Waals surface area contributed by atoms with Crippen LogP contribution < -0.4 is 5.32 Å². The maximum atomic E-state index is 11.4. The smallest absolute Gasteiger partial charge is 0.152 e. The standard InChI is InChI=1S/C14H20N2O2S/c17-19(18)7-5-16(6-8-19)11-12-1-2-13-3-4-15-10-14(13)9-12/h1-2,9,15H,3-8,10-11H2. The molecule has 3 rings (SSSR count). The van der Waals surface area contributed by atoms with E-state index >= 15 is 0 Å². The van der Waals surface area contributed by atoms with Crippen LogP contribution in [-0.2, 0) is 29.3 Å². The molecule has 1 saturated heterocycles. The summed E-state index contributed by atoms with van der Waals surface area (Å²) in [4.78, 5) is 2.24. The first-order valence-electron chi connectivity index (χ1n) is 6.87. The number of benzene rings is 1. The fourth-order valence-electron chi connectivity index (χ4n) is 2.80. The predicted molar refractivity (Wildman–Crippen MR) is 75.8 cm³/mol. The molecule has 0 bridgehead atoms. The minimum absolute atomic E-state index is 0.305. The first-order chi connectivity index (χ1) is 9.12. The third kappa shape index (κ3) is 3.16. The maximum Gasteiger partial charge on any atom is 0.152 e. The summed E-state index contributed by atoms with van der Waals surface area (Å²) in [5, 5.41) is 3.39. The van der Waals surface area contributed by atoms with Crippen molar-refractivity contribution >= 4 is 9.84 Å². The van der Waals surface area contributed by atoms with Gasteiger partial charge in [0.25, 0.3) is 0 Å². The predicted octanol–water partition coefficient (Wildman–Crippen LogP) is 0.563. The van der Waals surface area contributed by atoms with Crippen molar-refractivity contribution in [2.24, 2.45) is 0 Å². The number of nitrogens with one attached hydrogen (secondary N) is 1. The molecule has 2 aliphatic heterocycles. The van der Waals surface area contributed by atoms with Crippen molar-refractivity contribution < 1.29 is 8.42 Å². The highest BCUT2D eigenvalue weighted by Gasteiger charge is 2.21. The zero-order valence-corrected chi connectivity index (χ0v) is 11.9. The van der Waals surface area contributed by atoms with Crippen LogP contribution >= 0.6 is 0 Å². The minimum atomic E-state index is -2.77. The van der Waals surface area contributed by atoms with Gasteiger partial charge in [0.15, 0.2) is 9.84 Å². The summed E-state index contributed by atoms with van der Waals surface area (Å²) < 4.78 is 22.8. The Hall–Kier alpha value is -0.910. The maximum absolute atomic E-state index is 11.4. The topological polar surface area (TPSA) is 49.4 Å². The molecule has 2 heterocycles. The van der Waals surface area contributed by atoms with Crippen LogP contribution in [0.2, 0.25) is 0 Å². The summed E-state index contributed by atoms with van der Waals surface area (Å²) in [6.07, 6.45) is 1.11. The van der Waals surface area contributed by atoms with E-state index in [1.54, 1.807) is 0 Å². The van der Waals surface area contributed by atoms with E-state index in [-0.39, 0.29) is 0 Å². The Balaban J connectivity index is 1.67. The van der Waals surface area contributed by atoms with Crippen molar-refractivity contribution in [2.75, 3.05) is 31.1 Å². The van der Waals surface area contributed by atoms with Crippen LogP contribution in [0.25, 0.3) is 0 Å². The molecule has 1 aromatic rings.